The van der Waals surface area contributed by atoms with E-state index in [-0.39, 0.29) is 11.2 Å². The zero-order valence-corrected chi connectivity index (χ0v) is 16.9. The normalized spacial score (nSPS) is 10.8. The molecule has 150 valence electrons. The zero-order valence-electron chi connectivity index (χ0n) is 16.9. The van der Waals surface area contributed by atoms with Gasteiger partial charge in [0.25, 0.3) is 0 Å². The third kappa shape index (κ3) is 3.96. The van der Waals surface area contributed by atoms with Gasteiger partial charge < -0.3 is 13.9 Å². The van der Waals surface area contributed by atoms with Crippen LogP contribution in [0.15, 0.2) is 76.1 Å². The number of carbonyl (C=O) groups is 1. The van der Waals surface area contributed by atoms with E-state index >= 15 is 0 Å². The van der Waals surface area contributed by atoms with Crippen LogP contribution in [0.1, 0.15) is 27.0 Å². The fraction of sp³-hybridized carbons (Fsp3) is 0.120. The molecule has 0 amide bonds. The van der Waals surface area contributed by atoms with Crippen LogP contribution in [-0.4, -0.2) is 5.97 Å². The molecular weight excluding hydrogens is 380 g/mol. The SMILES string of the molecule is Cc1cc(C)cc(Oc2coc3cc(OC(=O)c4ccccc4C)ccc3c2=O)c1. The second-order valence-electron chi connectivity index (χ2n) is 7.22. The van der Waals surface area contributed by atoms with Crippen LogP contribution in [0.25, 0.3) is 11.0 Å². The van der Waals surface area contributed by atoms with E-state index < -0.39 is 5.97 Å². The molecule has 0 aliphatic rings. The maximum Gasteiger partial charge on any atom is 0.343 e. The summed E-state index contributed by atoms with van der Waals surface area (Å²) < 4.78 is 16.8. The van der Waals surface area contributed by atoms with Crippen molar-refractivity contribution in [2.24, 2.45) is 0 Å². The first-order chi connectivity index (χ1) is 14.4. The van der Waals surface area contributed by atoms with Gasteiger partial charge in [0.1, 0.15) is 23.3 Å². The first-order valence-corrected chi connectivity index (χ1v) is 9.50. The maximum atomic E-state index is 12.8. The van der Waals surface area contributed by atoms with Crippen molar-refractivity contribution in [3.63, 3.8) is 0 Å². The first kappa shape index (κ1) is 19.5. The zero-order chi connectivity index (χ0) is 21.3. The van der Waals surface area contributed by atoms with Gasteiger partial charge in [0.05, 0.1) is 10.9 Å². The van der Waals surface area contributed by atoms with Crippen molar-refractivity contribution in [1.29, 1.82) is 0 Å². The van der Waals surface area contributed by atoms with Gasteiger partial charge in [-0.05, 0) is 67.8 Å². The molecule has 0 saturated carbocycles. The summed E-state index contributed by atoms with van der Waals surface area (Å²) in [5.74, 6) is 0.492. The predicted octanol–water partition coefficient (Wildman–Crippen LogP) is 5.73. The number of hydrogen-bond donors (Lipinski definition) is 0. The Kier molecular flexibility index (Phi) is 5.11. The van der Waals surface area contributed by atoms with Gasteiger partial charge in [0, 0.05) is 6.07 Å². The van der Waals surface area contributed by atoms with Crippen molar-refractivity contribution in [3.8, 4) is 17.2 Å². The maximum absolute atomic E-state index is 12.8. The quantitative estimate of drug-likeness (QED) is 0.323. The highest BCUT2D eigenvalue weighted by molar-refractivity contribution is 5.93. The highest BCUT2D eigenvalue weighted by atomic mass is 16.5. The summed E-state index contributed by atoms with van der Waals surface area (Å²) in [7, 11) is 0. The van der Waals surface area contributed by atoms with E-state index in [2.05, 4.69) is 0 Å². The number of hydrogen-bond acceptors (Lipinski definition) is 5. The average Bonchev–Trinajstić information content (AvgIpc) is 2.70. The average molecular weight is 400 g/mol. The molecule has 1 heterocycles. The number of ether oxygens (including phenoxy) is 2. The van der Waals surface area contributed by atoms with E-state index in [0.717, 1.165) is 16.7 Å². The van der Waals surface area contributed by atoms with Crippen molar-refractivity contribution in [3.05, 3.63) is 99.4 Å². The van der Waals surface area contributed by atoms with Crippen LogP contribution in [0.2, 0.25) is 0 Å². The summed E-state index contributed by atoms with van der Waals surface area (Å²) in [4.78, 5) is 25.2. The molecule has 4 aromatic rings. The lowest BCUT2D eigenvalue weighted by Crippen LogP contribution is -2.10. The molecule has 0 aliphatic carbocycles. The van der Waals surface area contributed by atoms with Gasteiger partial charge in [-0.3, -0.25) is 4.79 Å². The third-order valence-electron chi connectivity index (χ3n) is 4.71. The number of fused-ring (bicyclic) bond motifs is 1. The summed E-state index contributed by atoms with van der Waals surface area (Å²) >= 11 is 0. The van der Waals surface area contributed by atoms with Gasteiger partial charge in [-0.15, -0.1) is 0 Å². The third-order valence-corrected chi connectivity index (χ3v) is 4.71. The minimum absolute atomic E-state index is 0.0946. The molecule has 0 bridgehead atoms. The Morgan fingerprint density at radius 2 is 1.60 bits per heavy atom. The molecule has 5 heteroatoms. The van der Waals surface area contributed by atoms with Crippen molar-refractivity contribution < 1.29 is 18.7 Å². The van der Waals surface area contributed by atoms with Crippen LogP contribution in [0.5, 0.6) is 17.2 Å². The van der Waals surface area contributed by atoms with E-state index in [1.54, 1.807) is 24.3 Å². The topological polar surface area (TPSA) is 65.7 Å². The summed E-state index contributed by atoms with van der Waals surface area (Å²) in [6.45, 7) is 5.76. The van der Waals surface area contributed by atoms with E-state index in [1.165, 1.54) is 12.3 Å². The molecule has 0 fully saturated rings. The molecule has 0 saturated heterocycles. The highest BCUT2D eigenvalue weighted by Gasteiger charge is 2.14. The van der Waals surface area contributed by atoms with Gasteiger partial charge in [-0.25, -0.2) is 4.79 Å². The molecular formula is C25H20O5. The van der Waals surface area contributed by atoms with Crippen LogP contribution in [0.3, 0.4) is 0 Å². The minimum Gasteiger partial charge on any atom is -0.460 e. The van der Waals surface area contributed by atoms with Crippen molar-refractivity contribution in [1.82, 2.24) is 0 Å². The van der Waals surface area contributed by atoms with Crippen LogP contribution < -0.4 is 14.9 Å². The Hall–Kier alpha value is -3.86. The number of rotatable bonds is 4. The van der Waals surface area contributed by atoms with Gasteiger partial charge >= 0.3 is 5.97 Å². The lowest BCUT2D eigenvalue weighted by atomic mass is 10.1. The lowest BCUT2D eigenvalue weighted by molar-refractivity contribution is 0.0734. The predicted molar refractivity (Wildman–Crippen MR) is 115 cm³/mol. The highest BCUT2D eigenvalue weighted by Crippen LogP contribution is 2.26. The van der Waals surface area contributed by atoms with Crippen LogP contribution in [0.4, 0.5) is 0 Å². The number of carbonyl (C=O) groups excluding carboxylic acids is 1. The van der Waals surface area contributed by atoms with Crippen molar-refractivity contribution in [2.75, 3.05) is 0 Å². The molecule has 0 radical (unpaired) electrons. The standard InChI is InChI=1S/C25H20O5/c1-15-10-16(2)12-19(11-15)29-23-14-28-22-13-18(8-9-21(22)24(23)26)30-25(27)20-7-5-4-6-17(20)3/h4-14H,1-3H3. The van der Waals surface area contributed by atoms with E-state index in [0.29, 0.717) is 28.0 Å². The van der Waals surface area contributed by atoms with Crippen molar-refractivity contribution in [2.45, 2.75) is 20.8 Å². The number of esters is 1. The smallest absolute Gasteiger partial charge is 0.343 e. The van der Waals surface area contributed by atoms with Crippen LogP contribution in [-0.2, 0) is 0 Å². The van der Waals surface area contributed by atoms with Gasteiger partial charge in [-0.2, -0.15) is 0 Å². The summed E-state index contributed by atoms with van der Waals surface area (Å²) in [5.41, 5.74) is 3.39. The number of benzene rings is 3. The lowest BCUT2D eigenvalue weighted by Gasteiger charge is -2.09. The Morgan fingerprint density at radius 1 is 0.867 bits per heavy atom. The summed E-state index contributed by atoms with van der Waals surface area (Å²) in [5, 5.41) is 0.340. The molecule has 1 aromatic heterocycles. The van der Waals surface area contributed by atoms with Gasteiger partial charge in [0.2, 0.25) is 11.2 Å². The fourth-order valence-electron chi connectivity index (χ4n) is 3.31. The largest absolute Gasteiger partial charge is 0.460 e. The monoisotopic (exact) mass is 400 g/mol. The summed E-state index contributed by atoms with van der Waals surface area (Å²) in [6.07, 6.45) is 1.27. The molecule has 0 spiro atoms. The summed E-state index contributed by atoms with van der Waals surface area (Å²) in [6, 6.07) is 17.6. The van der Waals surface area contributed by atoms with Crippen LogP contribution >= 0.6 is 0 Å². The Balaban J connectivity index is 1.62. The molecule has 0 aliphatic heterocycles. The van der Waals surface area contributed by atoms with E-state index in [4.69, 9.17) is 13.9 Å². The van der Waals surface area contributed by atoms with E-state index in [9.17, 15) is 9.59 Å². The van der Waals surface area contributed by atoms with E-state index in [1.807, 2.05) is 51.1 Å². The molecule has 30 heavy (non-hydrogen) atoms. The molecule has 5 nitrogen and oxygen atoms in total. The second kappa shape index (κ2) is 7.87. The van der Waals surface area contributed by atoms with Crippen LogP contribution in [0, 0.1) is 20.8 Å². The minimum atomic E-state index is -0.468. The molecule has 0 N–H and O–H groups in total. The Bertz CT molecular complexity index is 1300. The van der Waals surface area contributed by atoms with Gasteiger partial charge in [0.15, 0.2) is 0 Å². The number of aryl methyl sites for hydroxylation is 3. The Morgan fingerprint density at radius 3 is 2.33 bits per heavy atom. The van der Waals surface area contributed by atoms with Gasteiger partial charge in [-0.1, -0.05) is 24.3 Å². The molecule has 4 rings (SSSR count). The molecule has 0 unspecified atom stereocenters. The Labute approximate surface area is 173 Å². The second-order valence-corrected chi connectivity index (χ2v) is 7.22. The first-order valence-electron chi connectivity index (χ1n) is 9.50. The molecule has 3 aromatic carbocycles. The fourth-order valence-corrected chi connectivity index (χ4v) is 3.31. The molecule has 0 atom stereocenters. The van der Waals surface area contributed by atoms with Crippen molar-refractivity contribution >= 4 is 16.9 Å².